The zero-order valence-electron chi connectivity index (χ0n) is 14.7. The third-order valence-electron chi connectivity index (χ3n) is 3.71. The number of aromatic hydroxyl groups is 1. The first-order valence-electron chi connectivity index (χ1n) is 8.08. The van der Waals surface area contributed by atoms with Crippen LogP contribution in [0.25, 0.3) is 11.4 Å². The summed E-state index contributed by atoms with van der Waals surface area (Å²) in [5.41, 5.74) is 3.93. The standard InChI is InChI=1S/C18H15Br2N5O2S/c1-25-17(11-5-3-2-4-6-11)23-24-18(25)28-10-15(26)22-21-9-12-7-13(19)8-14(20)16(12)27/h2-9H,10H2,1H3,(H2,21,22,26,27)/p+1. The molecule has 0 spiro atoms. The van der Waals surface area contributed by atoms with E-state index in [4.69, 9.17) is 0 Å². The molecule has 10 heteroatoms. The summed E-state index contributed by atoms with van der Waals surface area (Å²) < 4.78 is 3.21. The van der Waals surface area contributed by atoms with Crippen molar-refractivity contribution in [3.8, 4) is 17.1 Å². The molecule has 1 aromatic heterocycles. The molecule has 7 nitrogen and oxygen atoms in total. The van der Waals surface area contributed by atoms with Crippen molar-refractivity contribution in [1.29, 1.82) is 0 Å². The quantitative estimate of drug-likeness (QED) is 0.199. The predicted molar refractivity (Wildman–Crippen MR) is 115 cm³/mol. The molecule has 0 saturated heterocycles. The van der Waals surface area contributed by atoms with E-state index >= 15 is 0 Å². The maximum Gasteiger partial charge on any atom is 0.337 e. The number of benzene rings is 2. The number of phenolic OH excluding ortho intramolecular Hbond substituents is 1. The third-order valence-corrected chi connectivity index (χ3v) is 5.80. The summed E-state index contributed by atoms with van der Waals surface area (Å²) in [4.78, 5) is 12.0. The van der Waals surface area contributed by atoms with Crippen molar-refractivity contribution in [2.24, 2.45) is 12.1 Å². The van der Waals surface area contributed by atoms with Gasteiger partial charge in [0.25, 0.3) is 11.7 Å². The van der Waals surface area contributed by atoms with E-state index in [1.165, 1.54) is 18.0 Å². The van der Waals surface area contributed by atoms with E-state index in [1.807, 2.05) is 41.9 Å². The fourth-order valence-corrected chi connectivity index (χ4v) is 4.33. The molecular formula is C18H16Br2N5O2S+. The van der Waals surface area contributed by atoms with Crippen LogP contribution in [0.4, 0.5) is 0 Å². The Labute approximate surface area is 182 Å². The Morgan fingerprint density at radius 2 is 2.11 bits per heavy atom. The average Bonchev–Trinajstić information content (AvgIpc) is 3.05. The molecule has 0 unspecified atom stereocenters. The maximum absolute atomic E-state index is 12.0. The summed E-state index contributed by atoms with van der Waals surface area (Å²) in [6, 6.07) is 13.2. The van der Waals surface area contributed by atoms with Gasteiger partial charge in [-0.25, -0.2) is 9.99 Å². The number of phenols is 1. The molecule has 0 aliphatic heterocycles. The van der Waals surface area contributed by atoms with Gasteiger partial charge < -0.3 is 5.11 Å². The fraction of sp³-hybridized carbons (Fsp3) is 0.111. The van der Waals surface area contributed by atoms with Crippen molar-refractivity contribution in [1.82, 2.24) is 15.6 Å². The minimum Gasteiger partial charge on any atom is -0.506 e. The van der Waals surface area contributed by atoms with Crippen LogP contribution in [0.3, 0.4) is 0 Å². The molecule has 0 atom stereocenters. The van der Waals surface area contributed by atoms with Gasteiger partial charge in [0.05, 0.1) is 34.1 Å². The Morgan fingerprint density at radius 1 is 1.36 bits per heavy atom. The molecule has 1 heterocycles. The average molecular weight is 526 g/mol. The largest absolute Gasteiger partial charge is 0.506 e. The Balaban J connectivity index is 1.58. The van der Waals surface area contributed by atoms with E-state index in [0.717, 1.165) is 15.9 Å². The third kappa shape index (κ3) is 5.00. The van der Waals surface area contributed by atoms with E-state index < -0.39 is 0 Å². The summed E-state index contributed by atoms with van der Waals surface area (Å²) in [7, 11) is 1.89. The number of aromatic nitrogens is 3. The van der Waals surface area contributed by atoms with Crippen molar-refractivity contribution < 1.29 is 14.5 Å². The Hall–Kier alpha value is -2.17. The van der Waals surface area contributed by atoms with Crippen LogP contribution in [-0.2, 0) is 11.8 Å². The van der Waals surface area contributed by atoms with E-state index in [0.29, 0.717) is 15.2 Å². The van der Waals surface area contributed by atoms with Crippen LogP contribution in [0.2, 0.25) is 0 Å². The van der Waals surface area contributed by atoms with Crippen LogP contribution in [0.15, 0.2) is 61.7 Å². The van der Waals surface area contributed by atoms with Gasteiger partial charge in [-0.2, -0.15) is 5.10 Å². The molecule has 0 bridgehead atoms. The van der Waals surface area contributed by atoms with Gasteiger partial charge in [0.2, 0.25) is 0 Å². The minimum absolute atomic E-state index is 0.0487. The van der Waals surface area contributed by atoms with E-state index in [1.54, 1.807) is 12.1 Å². The molecule has 3 N–H and O–H groups in total. The van der Waals surface area contributed by atoms with Crippen LogP contribution in [-0.4, -0.2) is 33.2 Å². The van der Waals surface area contributed by atoms with Gasteiger partial charge >= 0.3 is 5.16 Å². The summed E-state index contributed by atoms with van der Waals surface area (Å²) in [5, 5.41) is 21.8. The molecule has 1 amide bonds. The highest BCUT2D eigenvalue weighted by molar-refractivity contribution is 9.11. The van der Waals surface area contributed by atoms with E-state index in [-0.39, 0.29) is 17.4 Å². The van der Waals surface area contributed by atoms with Crippen molar-refractivity contribution >= 4 is 55.7 Å². The number of hydrogen-bond donors (Lipinski definition) is 3. The SMILES string of the molecule is C[n+]1c(SCC(=O)NN=Cc2cc(Br)cc(Br)c2O)n[nH]c1-c1ccccc1. The molecule has 0 fully saturated rings. The molecule has 0 radical (unpaired) electrons. The Bertz CT molecular complexity index is 1020. The first-order valence-corrected chi connectivity index (χ1v) is 10.7. The van der Waals surface area contributed by atoms with Crippen LogP contribution in [0, 0.1) is 0 Å². The summed E-state index contributed by atoms with van der Waals surface area (Å²) >= 11 is 7.88. The number of hydrogen-bond acceptors (Lipinski definition) is 5. The summed E-state index contributed by atoms with van der Waals surface area (Å²) in [5.74, 6) is 0.780. The maximum atomic E-state index is 12.0. The van der Waals surface area contributed by atoms with Gasteiger partial charge in [0.15, 0.2) is 0 Å². The molecule has 0 aliphatic carbocycles. The van der Waals surface area contributed by atoms with Gasteiger partial charge in [-0.1, -0.05) is 34.1 Å². The summed E-state index contributed by atoms with van der Waals surface area (Å²) in [6.07, 6.45) is 1.38. The highest BCUT2D eigenvalue weighted by Gasteiger charge is 2.19. The first-order chi connectivity index (χ1) is 13.5. The number of amides is 1. The zero-order chi connectivity index (χ0) is 20.1. The van der Waals surface area contributed by atoms with Gasteiger partial charge in [0.1, 0.15) is 5.75 Å². The summed E-state index contributed by atoms with van der Waals surface area (Å²) in [6.45, 7) is 0. The molecule has 0 saturated carbocycles. The number of halogens is 2. The van der Waals surface area contributed by atoms with Crippen LogP contribution >= 0.6 is 43.6 Å². The van der Waals surface area contributed by atoms with Gasteiger partial charge in [-0.3, -0.25) is 4.79 Å². The van der Waals surface area contributed by atoms with Gasteiger partial charge in [-0.05, 0) is 52.0 Å². The molecule has 28 heavy (non-hydrogen) atoms. The second-order valence-electron chi connectivity index (χ2n) is 5.69. The van der Waals surface area contributed by atoms with E-state index in [2.05, 4.69) is 52.6 Å². The number of carbonyl (C=O) groups is 1. The monoisotopic (exact) mass is 524 g/mol. The molecular weight excluding hydrogens is 510 g/mol. The lowest BCUT2D eigenvalue weighted by molar-refractivity contribution is -0.698. The lowest BCUT2D eigenvalue weighted by Crippen LogP contribution is -2.32. The molecule has 2 aromatic carbocycles. The van der Waals surface area contributed by atoms with Crippen molar-refractivity contribution in [2.45, 2.75) is 5.16 Å². The highest BCUT2D eigenvalue weighted by atomic mass is 79.9. The Morgan fingerprint density at radius 3 is 2.86 bits per heavy atom. The van der Waals surface area contributed by atoms with Crippen molar-refractivity contribution in [3.63, 3.8) is 0 Å². The molecule has 144 valence electrons. The number of nitrogens with zero attached hydrogens (tertiary/aromatic N) is 3. The number of hydrazone groups is 1. The van der Waals surface area contributed by atoms with Crippen LogP contribution < -0.4 is 9.99 Å². The highest BCUT2D eigenvalue weighted by Crippen LogP contribution is 2.30. The topological polar surface area (TPSA) is 94.2 Å². The second-order valence-corrected chi connectivity index (χ2v) is 8.40. The minimum atomic E-state index is -0.279. The van der Waals surface area contributed by atoms with Crippen LogP contribution in [0.5, 0.6) is 5.75 Å². The lowest BCUT2D eigenvalue weighted by Gasteiger charge is -2.03. The first kappa shape index (κ1) is 20.6. The molecule has 3 aromatic rings. The van der Waals surface area contributed by atoms with Crippen molar-refractivity contribution in [3.05, 3.63) is 57.0 Å². The number of thioether (sulfide) groups is 1. The number of nitrogens with one attached hydrogen (secondary N) is 2. The predicted octanol–water partition coefficient (Wildman–Crippen LogP) is 3.37. The van der Waals surface area contributed by atoms with Gasteiger partial charge in [-0.15, -0.1) is 5.10 Å². The normalized spacial score (nSPS) is 11.1. The lowest BCUT2D eigenvalue weighted by atomic mass is 10.2. The van der Waals surface area contributed by atoms with Crippen LogP contribution in [0.1, 0.15) is 5.56 Å². The molecule has 0 aliphatic rings. The smallest absolute Gasteiger partial charge is 0.337 e. The second kappa shape index (κ2) is 9.35. The number of aromatic amines is 1. The molecule has 3 rings (SSSR count). The van der Waals surface area contributed by atoms with Crippen molar-refractivity contribution in [2.75, 3.05) is 5.75 Å². The number of H-pyrrole nitrogens is 1. The zero-order valence-corrected chi connectivity index (χ0v) is 18.7. The number of rotatable bonds is 6. The van der Waals surface area contributed by atoms with E-state index in [9.17, 15) is 9.90 Å². The Kier molecular flexibility index (Phi) is 6.87. The fourth-order valence-electron chi connectivity index (χ4n) is 2.35. The van der Waals surface area contributed by atoms with Gasteiger partial charge in [0, 0.05) is 10.0 Å². The number of carbonyl (C=O) groups excluding carboxylic acids is 1.